The molecular weight excluding hydrogens is 254 g/mol. The number of urea groups is 1. The fourth-order valence-electron chi connectivity index (χ4n) is 3.12. The molecule has 0 spiro atoms. The van der Waals surface area contributed by atoms with Gasteiger partial charge in [0.05, 0.1) is 12.7 Å². The predicted octanol–water partition coefficient (Wildman–Crippen LogP) is 1.71. The van der Waals surface area contributed by atoms with E-state index in [0.29, 0.717) is 31.2 Å². The van der Waals surface area contributed by atoms with Crippen LogP contribution in [0.1, 0.15) is 45.4 Å². The van der Waals surface area contributed by atoms with Crippen LogP contribution in [0.3, 0.4) is 0 Å². The van der Waals surface area contributed by atoms with E-state index in [1.165, 1.54) is 6.42 Å². The SMILES string of the molecule is CC1CCCN(C(=O)NCCOC2CCC(N)CC2)C1. The molecule has 5 nitrogen and oxygen atoms in total. The number of likely N-dealkylation sites (tertiary alicyclic amines) is 1. The first kappa shape index (κ1) is 15.6. The minimum atomic E-state index is 0.0609. The topological polar surface area (TPSA) is 67.6 Å². The smallest absolute Gasteiger partial charge is 0.317 e. The zero-order valence-electron chi connectivity index (χ0n) is 12.6. The first-order chi connectivity index (χ1) is 9.65. The van der Waals surface area contributed by atoms with Crippen molar-refractivity contribution in [2.45, 2.75) is 57.6 Å². The second kappa shape index (κ2) is 7.84. The predicted molar refractivity (Wildman–Crippen MR) is 79.6 cm³/mol. The second-order valence-electron chi connectivity index (χ2n) is 6.33. The van der Waals surface area contributed by atoms with Crippen molar-refractivity contribution in [3.8, 4) is 0 Å². The van der Waals surface area contributed by atoms with E-state index in [9.17, 15) is 4.79 Å². The van der Waals surface area contributed by atoms with E-state index in [0.717, 1.165) is 45.2 Å². The van der Waals surface area contributed by atoms with Crippen LogP contribution in [-0.2, 0) is 4.74 Å². The van der Waals surface area contributed by atoms with Crippen molar-refractivity contribution in [2.75, 3.05) is 26.2 Å². The lowest BCUT2D eigenvalue weighted by Crippen LogP contribution is -2.46. The summed E-state index contributed by atoms with van der Waals surface area (Å²) in [6, 6.07) is 0.418. The lowest BCUT2D eigenvalue weighted by atomic mass is 9.94. The van der Waals surface area contributed by atoms with Gasteiger partial charge in [0.15, 0.2) is 0 Å². The number of carbonyl (C=O) groups is 1. The minimum Gasteiger partial charge on any atom is -0.376 e. The molecule has 0 aromatic rings. The Labute approximate surface area is 122 Å². The van der Waals surface area contributed by atoms with Gasteiger partial charge in [-0.15, -0.1) is 0 Å². The van der Waals surface area contributed by atoms with Crippen LogP contribution >= 0.6 is 0 Å². The van der Waals surface area contributed by atoms with Gasteiger partial charge in [-0.1, -0.05) is 6.92 Å². The first-order valence-electron chi connectivity index (χ1n) is 8.05. The largest absolute Gasteiger partial charge is 0.376 e. The number of piperidine rings is 1. The van der Waals surface area contributed by atoms with E-state index < -0.39 is 0 Å². The third-order valence-electron chi connectivity index (χ3n) is 4.39. The Bertz CT molecular complexity index is 303. The highest BCUT2D eigenvalue weighted by atomic mass is 16.5. The highest BCUT2D eigenvalue weighted by Gasteiger charge is 2.21. The van der Waals surface area contributed by atoms with E-state index in [2.05, 4.69) is 12.2 Å². The van der Waals surface area contributed by atoms with Gasteiger partial charge in [0.1, 0.15) is 0 Å². The Morgan fingerprint density at radius 1 is 1.30 bits per heavy atom. The molecular formula is C15H29N3O2. The summed E-state index contributed by atoms with van der Waals surface area (Å²) in [5.41, 5.74) is 5.87. The molecule has 1 atom stereocenters. The van der Waals surface area contributed by atoms with Gasteiger partial charge in [-0.3, -0.25) is 0 Å². The Morgan fingerprint density at radius 3 is 2.75 bits per heavy atom. The maximum Gasteiger partial charge on any atom is 0.317 e. The maximum absolute atomic E-state index is 12.0. The highest BCUT2D eigenvalue weighted by Crippen LogP contribution is 2.19. The number of hydrogen-bond donors (Lipinski definition) is 2. The summed E-state index contributed by atoms with van der Waals surface area (Å²) in [7, 11) is 0. The molecule has 0 aromatic carbocycles. The number of ether oxygens (including phenoxy) is 1. The van der Waals surface area contributed by atoms with E-state index in [4.69, 9.17) is 10.5 Å². The van der Waals surface area contributed by atoms with Crippen molar-refractivity contribution in [1.29, 1.82) is 0 Å². The highest BCUT2D eigenvalue weighted by molar-refractivity contribution is 5.74. The third-order valence-corrected chi connectivity index (χ3v) is 4.39. The molecule has 1 aliphatic heterocycles. The number of nitrogens with two attached hydrogens (primary N) is 1. The lowest BCUT2D eigenvalue weighted by Gasteiger charge is -2.31. The summed E-state index contributed by atoms with van der Waals surface area (Å²) < 4.78 is 5.80. The van der Waals surface area contributed by atoms with Gasteiger partial charge in [0, 0.05) is 25.7 Å². The van der Waals surface area contributed by atoms with Crippen LogP contribution in [0, 0.1) is 5.92 Å². The molecule has 0 bridgehead atoms. The molecule has 1 saturated heterocycles. The van der Waals surface area contributed by atoms with E-state index in [1.54, 1.807) is 0 Å². The van der Waals surface area contributed by atoms with Crippen molar-refractivity contribution < 1.29 is 9.53 Å². The molecule has 3 N–H and O–H groups in total. The molecule has 0 aromatic heterocycles. The summed E-state index contributed by atoms with van der Waals surface area (Å²) in [6.45, 7) is 5.18. The van der Waals surface area contributed by atoms with Crippen molar-refractivity contribution in [3.63, 3.8) is 0 Å². The maximum atomic E-state index is 12.0. The quantitative estimate of drug-likeness (QED) is 0.772. The van der Waals surface area contributed by atoms with Crippen LogP contribution in [0.4, 0.5) is 4.79 Å². The monoisotopic (exact) mass is 283 g/mol. The van der Waals surface area contributed by atoms with Gasteiger partial charge in [0.2, 0.25) is 0 Å². The zero-order chi connectivity index (χ0) is 14.4. The molecule has 1 saturated carbocycles. The fraction of sp³-hybridized carbons (Fsp3) is 0.933. The molecule has 2 fully saturated rings. The first-order valence-corrected chi connectivity index (χ1v) is 8.05. The van der Waals surface area contributed by atoms with Crippen LogP contribution in [0.5, 0.6) is 0 Å². The van der Waals surface area contributed by atoms with Gasteiger partial charge in [-0.2, -0.15) is 0 Å². The summed E-state index contributed by atoms with van der Waals surface area (Å²) in [5.74, 6) is 0.622. The standard InChI is InChI=1S/C15H29N3O2/c1-12-3-2-9-18(11-12)15(19)17-8-10-20-14-6-4-13(16)5-7-14/h12-14H,2-11,16H2,1H3,(H,17,19). The third kappa shape index (κ3) is 4.94. The number of nitrogens with zero attached hydrogens (tertiary/aromatic N) is 1. The number of rotatable bonds is 4. The molecule has 2 amide bonds. The summed E-state index contributed by atoms with van der Waals surface area (Å²) in [4.78, 5) is 13.9. The molecule has 116 valence electrons. The zero-order valence-corrected chi connectivity index (χ0v) is 12.6. The number of hydrogen-bond acceptors (Lipinski definition) is 3. The lowest BCUT2D eigenvalue weighted by molar-refractivity contribution is 0.0272. The van der Waals surface area contributed by atoms with Crippen molar-refractivity contribution in [1.82, 2.24) is 10.2 Å². The molecule has 2 aliphatic rings. The summed E-state index contributed by atoms with van der Waals surface area (Å²) >= 11 is 0. The molecule has 1 heterocycles. The second-order valence-corrected chi connectivity index (χ2v) is 6.33. The van der Waals surface area contributed by atoms with Gasteiger partial charge >= 0.3 is 6.03 Å². The van der Waals surface area contributed by atoms with E-state index in [-0.39, 0.29) is 6.03 Å². The molecule has 1 unspecified atom stereocenters. The minimum absolute atomic E-state index is 0.0609. The Morgan fingerprint density at radius 2 is 2.05 bits per heavy atom. The Balaban J connectivity index is 1.55. The van der Waals surface area contributed by atoms with Crippen LogP contribution in [0.15, 0.2) is 0 Å². The van der Waals surface area contributed by atoms with Crippen molar-refractivity contribution in [2.24, 2.45) is 11.7 Å². The molecule has 5 heteroatoms. The van der Waals surface area contributed by atoms with Crippen LogP contribution in [-0.4, -0.2) is 49.3 Å². The Hall–Kier alpha value is -0.810. The molecule has 0 radical (unpaired) electrons. The van der Waals surface area contributed by atoms with Gasteiger partial charge in [-0.25, -0.2) is 4.79 Å². The number of nitrogens with one attached hydrogen (secondary N) is 1. The van der Waals surface area contributed by atoms with E-state index >= 15 is 0 Å². The summed E-state index contributed by atoms with van der Waals surface area (Å²) in [6.07, 6.45) is 6.91. The van der Waals surface area contributed by atoms with Gasteiger partial charge in [0.25, 0.3) is 0 Å². The van der Waals surface area contributed by atoms with Crippen molar-refractivity contribution in [3.05, 3.63) is 0 Å². The fourth-order valence-corrected chi connectivity index (χ4v) is 3.12. The van der Waals surface area contributed by atoms with Gasteiger partial charge < -0.3 is 20.7 Å². The molecule has 2 rings (SSSR count). The normalized spacial score (nSPS) is 31.1. The number of amides is 2. The molecule has 20 heavy (non-hydrogen) atoms. The molecule has 1 aliphatic carbocycles. The average Bonchev–Trinajstić information content (AvgIpc) is 2.45. The Kier molecular flexibility index (Phi) is 6.10. The van der Waals surface area contributed by atoms with E-state index in [1.807, 2.05) is 4.90 Å². The average molecular weight is 283 g/mol. The number of carbonyl (C=O) groups excluding carboxylic acids is 1. The van der Waals surface area contributed by atoms with Crippen LogP contribution < -0.4 is 11.1 Å². The van der Waals surface area contributed by atoms with Crippen molar-refractivity contribution >= 4 is 6.03 Å². The van der Waals surface area contributed by atoms with Crippen LogP contribution in [0.2, 0.25) is 0 Å². The summed E-state index contributed by atoms with van der Waals surface area (Å²) in [5, 5.41) is 2.96. The van der Waals surface area contributed by atoms with Gasteiger partial charge in [-0.05, 0) is 44.4 Å². The van der Waals surface area contributed by atoms with Crippen LogP contribution in [0.25, 0.3) is 0 Å².